The molecule has 0 aromatic rings. The Morgan fingerprint density at radius 3 is 2.52 bits per heavy atom. The Hall–Kier alpha value is -0.610. The first-order valence-electron chi connectivity index (χ1n) is 8.98. The molecule has 0 radical (unpaired) electrons. The molecule has 1 saturated carbocycles. The first-order valence-corrected chi connectivity index (χ1v) is 8.98. The SMILES string of the molecule is CCN(CC1CCCCN1)C(C)C(=O)NC1CCCCC1. The second-order valence-corrected chi connectivity index (χ2v) is 6.75. The largest absolute Gasteiger partial charge is 0.352 e. The Kier molecular flexibility index (Phi) is 6.97. The molecule has 2 unspecified atom stereocenters. The van der Waals surface area contributed by atoms with Crippen LogP contribution in [0.3, 0.4) is 0 Å². The van der Waals surface area contributed by atoms with E-state index in [9.17, 15) is 4.79 Å². The molecule has 1 aliphatic carbocycles. The minimum Gasteiger partial charge on any atom is -0.352 e. The van der Waals surface area contributed by atoms with Gasteiger partial charge in [0.05, 0.1) is 6.04 Å². The Labute approximate surface area is 130 Å². The van der Waals surface area contributed by atoms with Gasteiger partial charge in [-0.15, -0.1) is 0 Å². The van der Waals surface area contributed by atoms with Gasteiger partial charge < -0.3 is 10.6 Å². The summed E-state index contributed by atoms with van der Waals surface area (Å²) >= 11 is 0. The lowest BCUT2D eigenvalue weighted by molar-refractivity contribution is -0.126. The van der Waals surface area contributed by atoms with Crippen LogP contribution >= 0.6 is 0 Å². The van der Waals surface area contributed by atoms with Crippen molar-refractivity contribution in [1.82, 2.24) is 15.5 Å². The van der Waals surface area contributed by atoms with Crippen LogP contribution in [-0.4, -0.2) is 48.6 Å². The number of rotatable bonds is 6. The number of amides is 1. The molecule has 1 aliphatic heterocycles. The molecule has 2 N–H and O–H groups in total. The summed E-state index contributed by atoms with van der Waals surface area (Å²) in [5, 5.41) is 6.86. The summed E-state index contributed by atoms with van der Waals surface area (Å²) in [6.07, 6.45) is 10.0. The average molecular weight is 295 g/mol. The second kappa shape index (κ2) is 8.74. The van der Waals surface area contributed by atoms with Crippen LogP contribution in [0.1, 0.15) is 65.2 Å². The van der Waals surface area contributed by atoms with Gasteiger partial charge >= 0.3 is 0 Å². The van der Waals surface area contributed by atoms with Crippen LogP contribution < -0.4 is 10.6 Å². The Morgan fingerprint density at radius 1 is 1.19 bits per heavy atom. The van der Waals surface area contributed by atoms with E-state index in [0.717, 1.165) is 32.5 Å². The van der Waals surface area contributed by atoms with Crippen molar-refractivity contribution < 1.29 is 4.79 Å². The van der Waals surface area contributed by atoms with Gasteiger partial charge in [0.15, 0.2) is 0 Å². The summed E-state index contributed by atoms with van der Waals surface area (Å²) in [7, 11) is 0. The lowest BCUT2D eigenvalue weighted by atomic mass is 9.95. The lowest BCUT2D eigenvalue weighted by Crippen LogP contribution is -2.52. The number of carbonyl (C=O) groups is 1. The van der Waals surface area contributed by atoms with Crippen molar-refractivity contribution in [3.63, 3.8) is 0 Å². The number of carbonyl (C=O) groups excluding carboxylic acids is 1. The number of hydrogen-bond acceptors (Lipinski definition) is 3. The molecule has 2 fully saturated rings. The van der Waals surface area contributed by atoms with Crippen molar-refractivity contribution in [2.45, 2.75) is 83.3 Å². The van der Waals surface area contributed by atoms with Crippen molar-refractivity contribution in [3.8, 4) is 0 Å². The molecule has 1 amide bonds. The fourth-order valence-corrected chi connectivity index (χ4v) is 3.66. The molecule has 0 aromatic carbocycles. The number of likely N-dealkylation sites (N-methyl/N-ethyl adjacent to an activating group) is 1. The molecule has 2 atom stereocenters. The smallest absolute Gasteiger partial charge is 0.237 e. The highest BCUT2D eigenvalue weighted by molar-refractivity contribution is 5.81. The van der Waals surface area contributed by atoms with Crippen molar-refractivity contribution >= 4 is 5.91 Å². The zero-order valence-corrected chi connectivity index (χ0v) is 13.9. The van der Waals surface area contributed by atoms with Crippen molar-refractivity contribution in [2.75, 3.05) is 19.6 Å². The van der Waals surface area contributed by atoms with Crippen LogP contribution in [0, 0.1) is 0 Å². The standard InChI is InChI=1S/C17H33N3O/c1-3-20(13-16-11-7-8-12-18-16)14(2)17(21)19-15-9-5-4-6-10-15/h14-16,18H,3-13H2,1-2H3,(H,19,21). The summed E-state index contributed by atoms with van der Waals surface area (Å²) in [5.41, 5.74) is 0. The van der Waals surface area contributed by atoms with E-state index >= 15 is 0 Å². The molecule has 0 spiro atoms. The topological polar surface area (TPSA) is 44.4 Å². The van der Waals surface area contributed by atoms with E-state index in [1.54, 1.807) is 0 Å². The van der Waals surface area contributed by atoms with Gasteiger partial charge in [-0.05, 0) is 45.7 Å². The molecule has 2 rings (SSSR count). The summed E-state index contributed by atoms with van der Waals surface area (Å²) in [6.45, 7) is 7.29. The third-order valence-corrected chi connectivity index (χ3v) is 5.15. The lowest BCUT2D eigenvalue weighted by Gasteiger charge is -2.34. The molecule has 2 aliphatic rings. The molecule has 4 nitrogen and oxygen atoms in total. The van der Waals surface area contributed by atoms with E-state index in [4.69, 9.17) is 0 Å². The van der Waals surface area contributed by atoms with Crippen LogP contribution in [-0.2, 0) is 4.79 Å². The van der Waals surface area contributed by atoms with Crippen LogP contribution in [0.5, 0.6) is 0 Å². The zero-order chi connectivity index (χ0) is 15.1. The monoisotopic (exact) mass is 295 g/mol. The highest BCUT2D eigenvalue weighted by Gasteiger charge is 2.25. The zero-order valence-electron chi connectivity index (χ0n) is 13.9. The predicted molar refractivity (Wildman–Crippen MR) is 87.4 cm³/mol. The van der Waals surface area contributed by atoms with Gasteiger partial charge in [-0.2, -0.15) is 0 Å². The van der Waals surface area contributed by atoms with Gasteiger partial charge in [-0.25, -0.2) is 0 Å². The molecule has 4 heteroatoms. The third-order valence-electron chi connectivity index (χ3n) is 5.15. The summed E-state index contributed by atoms with van der Waals surface area (Å²) in [4.78, 5) is 14.8. The maximum absolute atomic E-state index is 12.5. The fourth-order valence-electron chi connectivity index (χ4n) is 3.66. The Morgan fingerprint density at radius 2 is 1.90 bits per heavy atom. The van der Waals surface area contributed by atoms with Crippen molar-refractivity contribution in [3.05, 3.63) is 0 Å². The summed E-state index contributed by atoms with van der Waals surface area (Å²) < 4.78 is 0. The van der Waals surface area contributed by atoms with Crippen molar-refractivity contribution in [1.29, 1.82) is 0 Å². The first-order chi connectivity index (χ1) is 10.2. The molecular weight excluding hydrogens is 262 g/mol. The van der Waals surface area contributed by atoms with E-state index in [1.165, 1.54) is 38.5 Å². The highest BCUT2D eigenvalue weighted by atomic mass is 16.2. The van der Waals surface area contributed by atoms with Crippen LogP contribution in [0.2, 0.25) is 0 Å². The molecular formula is C17H33N3O. The first kappa shape index (κ1) is 16.8. The average Bonchev–Trinajstić information content (AvgIpc) is 2.54. The third kappa shape index (κ3) is 5.26. The predicted octanol–water partition coefficient (Wildman–Crippen LogP) is 2.29. The normalized spacial score (nSPS) is 25.8. The maximum Gasteiger partial charge on any atom is 0.237 e. The molecule has 0 bridgehead atoms. The minimum atomic E-state index is -0.0133. The van der Waals surface area contributed by atoms with E-state index in [-0.39, 0.29) is 11.9 Å². The molecule has 122 valence electrons. The maximum atomic E-state index is 12.5. The second-order valence-electron chi connectivity index (χ2n) is 6.75. The molecule has 1 saturated heterocycles. The quantitative estimate of drug-likeness (QED) is 0.790. The number of piperidine rings is 1. The summed E-state index contributed by atoms with van der Waals surface area (Å²) in [6, 6.07) is 0.962. The number of nitrogens with zero attached hydrogens (tertiary/aromatic N) is 1. The highest BCUT2D eigenvalue weighted by Crippen LogP contribution is 2.18. The van der Waals surface area contributed by atoms with Gasteiger partial charge in [0.25, 0.3) is 0 Å². The van der Waals surface area contributed by atoms with E-state index in [2.05, 4.69) is 29.4 Å². The Balaban J connectivity index is 1.79. The van der Waals surface area contributed by atoms with Gasteiger partial charge in [0.2, 0.25) is 5.91 Å². The van der Waals surface area contributed by atoms with Crippen LogP contribution in [0.4, 0.5) is 0 Å². The minimum absolute atomic E-state index is 0.0133. The van der Waals surface area contributed by atoms with Crippen LogP contribution in [0.25, 0.3) is 0 Å². The van der Waals surface area contributed by atoms with Crippen LogP contribution in [0.15, 0.2) is 0 Å². The molecule has 1 heterocycles. The van der Waals surface area contributed by atoms with Gasteiger partial charge in [0.1, 0.15) is 0 Å². The van der Waals surface area contributed by atoms with E-state index in [1.807, 2.05) is 0 Å². The van der Waals surface area contributed by atoms with Crippen molar-refractivity contribution in [2.24, 2.45) is 0 Å². The number of nitrogens with one attached hydrogen (secondary N) is 2. The van der Waals surface area contributed by atoms with E-state index < -0.39 is 0 Å². The van der Waals surface area contributed by atoms with Gasteiger partial charge in [-0.1, -0.05) is 32.6 Å². The van der Waals surface area contributed by atoms with Gasteiger partial charge in [-0.3, -0.25) is 9.69 Å². The van der Waals surface area contributed by atoms with Gasteiger partial charge in [0, 0.05) is 18.6 Å². The molecule has 0 aromatic heterocycles. The summed E-state index contributed by atoms with van der Waals surface area (Å²) in [5.74, 6) is 0.222. The van der Waals surface area contributed by atoms with E-state index in [0.29, 0.717) is 12.1 Å². The molecule has 21 heavy (non-hydrogen) atoms. The fraction of sp³-hybridized carbons (Fsp3) is 0.941. The number of hydrogen-bond donors (Lipinski definition) is 2. The Bertz CT molecular complexity index is 309.